The maximum Gasteiger partial charge on any atom is 0.261 e. The fourth-order valence-corrected chi connectivity index (χ4v) is 0.862. The van der Waals surface area contributed by atoms with Gasteiger partial charge in [0, 0.05) is 0 Å². The average Bonchev–Trinajstić information content (AvgIpc) is 2.15. The molecule has 4 heteroatoms. The first kappa shape index (κ1) is 8.46. The number of nitrogens with one attached hydrogen (secondary N) is 1. The molecule has 0 aromatic heterocycles. The van der Waals surface area contributed by atoms with Gasteiger partial charge in [-0.3, -0.25) is 10.7 Å². The SMILES string of the molecule is [N-]=[N+]=CCc1ccc(NO)cc1. The summed E-state index contributed by atoms with van der Waals surface area (Å²) in [6, 6.07) is 7.14. The zero-order valence-electron chi connectivity index (χ0n) is 6.44. The molecule has 2 N–H and O–H groups in total. The van der Waals surface area contributed by atoms with E-state index in [9.17, 15) is 0 Å². The van der Waals surface area contributed by atoms with Crippen LogP contribution in [0.5, 0.6) is 0 Å². The molecular formula is C8H9N3O. The second kappa shape index (κ2) is 4.28. The largest absolute Gasteiger partial charge is 0.362 e. The molecule has 1 aromatic carbocycles. The lowest BCUT2D eigenvalue weighted by atomic mass is 10.1. The van der Waals surface area contributed by atoms with Crippen LogP contribution in [-0.4, -0.2) is 16.2 Å². The monoisotopic (exact) mass is 163 g/mol. The van der Waals surface area contributed by atoms with Gasteiger partial charge in [0.15, 0.2) is 0 Å². The summed E-state index contributed by atoms with van der Waals surface area (Å²) in [4.78, 5) is 2.88. The molecule has 0 saturated heterocycles. The highest BCUT2D eigenvalue weighted by Gasteiger charge is 1.92. The first-order valence-electron chi connectivity index (χ1n) is 3.51. The van der Waals surface area contributed by atoms with Crippen LogP contribution in [0.3, 0.4) is 0 Å². The van der Waals surface area contributed by atoms with Crippen molar-refractivity contribution >= 4 is 11.9 Å². The first-order chi connectivity index (χ1) is 5.86. The van der Waals surface area contributed by atoms with E-state index in [0.717, 1.165) is 5.56 Å². The quantitative estimate of drug-likeness (QED) is 0.305. The minimum atomic E-state index is 0.586. The summed E-state index contributed by atoms with van der Waals surface area (Å²) in [5, 5.41) is 8.49. The zero-order chi connectivity index (χ0) is 8.81. The molecule has 0 heterocycles. The standard InChI is InChI=1S/C8H9N3O/c9-10-6-5-7-1-3-8(11-12)4-2-7/h1-4,6,11-12H,5H2. The first-order valence-corrected chi connectivity index (χ1v) is 3.51. The molecule has 0 aliphatic carbocycles. The molecule has 0 aliphatic rings. The lowest BCUT2D eigenvalue weighted by Gasteiger charge is -1.97. The summed E-state index contributed by atoms with van der Waals surface area (Å²) in [5.41, 5.74) is 11.8. The van der Waals surface area contributed by atoms with Gasteiger partial charge in [0.1, 0.15) is 0 Å². The van der Waals surface area contributed by atoms with Gasteiger partial charge in [-0.1, -0.05) is 12.1 Å². The van der Waals surface area contributed by atoms with Gasteiger partial charge < -0.3 is 5.53 Å². The molecule has 0 radical (unpaired) electrons. The van der Waals surface area contributed by atoms with Crippen LogP contribution >= 0.6 is 0 Å². The van der Waals surface area contributed by atoms with Gasteiger partial charge >= 0.3 is 0 Å². The molecule has 0 aliphatic heterocycles. The highest BCUT2D eigenvalue weighted by atomic mass is 16.5. The van der Waals surface area contributed by atoms with Crippen molar-refractivity contribution in [2.24, 2.45) is 0 Å². The molecule has 62 valence electrons. The van der Waals surface area contributed by atoms with Gasteiger partial charge in [0.25, 0.3) is 6.21 Å². The minimum Gasteiger partial charge on any atom is -0.362 e. The van der Waals surface area contributed by atoms with E-state index >= 15 is 0 Å². The Bertz CT molecular complexity index is 288. The van der Waals surface area contributed by atoms with Crippen LogP contribution in [0.4, 0.5) is 5.69 Å². The van der Waals surface area contributed by atoms with Crippen LogP contribution in [0.25, 0.3) is 5.53 Å². The smallest absolute Gasteiger partial charge is 0.261 e. The molecule has 0 atom stereocenters. The Morgan fingerprint density at radius 1 is 1.42 bits per heavy atom. The predicted molar refractivity (Wildman–Crippen MR) is 45.2 cm³/mol. The summed E-state index contributed by atoms with van der Waals surface area (Å²) in [6.07, 6.45) is 1.99. The molecule has 0 amide bonds. The topological polar surface area (TPSA) is 68.7 Å². The van der Waals surface area contributed by atoms with Gasteiger partial charge in [0.2, 0.25) is 0 Å². The zero-order valence-corrected chi connectivity index (χ0v) is 6.44. The maximum absolute atomic E-state index is 8.49. The lowest BCUT2D eigenvalue weighted by Crippen LogP contribution is -1.90. The number of nitrogens with zero attached hydrogens (tertiary/aromatic N) is 2. The summed E-state index contributed by atoms with van der Waals surface area (Å²) in [5.74, 6) is 0. The average molecular weight is 163 g/mol. The number of anilines is 1. The molecule has 0 spiro atoms. The molecule has 0 unspecified atom stereocenters. The normalized spacial score (nSPS) is 8.75. The van der Waals surface area contributed by atoms with Crippen molar-refractivity contribution in [3.8, 4) is 0 Å². The van der Waals surface area contributed by atoms with Crippen molar-refractivity contribution in [1.29, 1.82) is 0 Å². The predicted octanol–water partition coefficient (Wildman–Crippen LogP) is 1.33. The van der Waals surface area contributed by atoms with E-state index in [2.05, 4.69) is 4.79 Å². The Morgan fingerprint density at radius 2 is 2.08 bits per heavy atom. The third-order valence-corrected chi connectivity index (χ3v) is 1.49. The van der Waals surface area contributed by atoms with Crippen LogP contribution in [-0.2, 0) is 6.42 Å². The van der Waals surface area contributed by atoms with Gasteiger partial charge in [-0.05, 0) is 17.7 Å². The summed E-state index contributed by atoms with van der Waals surface area (Å²) >= 11 is 0. The van der Waals surface area contributed by atoms with E-state index in [0.29, 0.717) is 12.1 Å². The van der Waals surface area contributed by atoms with E-state index in [-0.39, 0.29) is 0 Å². The molecule has 0 saturated carbocycles. The number of hydrogen-bond acceptors (Lipinski definition) is 2. The van der Waals surface area contributed by atoms with Crippen molar-refractivity contribution in [3.05, 3.63) is 35.4 Å². The van der Waals surface area contributed by atoms with E-state index in [4.69, 9.17) is 10.7 Å². The second-order valence-corrected chi connectivity index (χ2v) is 2.31. The number of hydrogen-bond donors (Lipinski definition) is 2. The lowest BCUT2D eigenvalue weighted by molar-refractivity contribution is 0.00158. The van der Waals surface area contributed by atoms with Crippen molar-refractivity contribution in [3.63, 3.8) is 0 Å². The molecule has 1 aromatic rings. The van der Waals surface area contributed by atoms with Gasteiger partial charge in [-0.25, -0.2) is 0 Å². The van der Waals surface area contributed by atoms with Crippen LogP contribution in [0.2, 0.25) is 0 Å². The fourth-order valence-electron chi connectivity index (χ4n) is 0.862. The Kier molecular flexibility index (Phi) is 3.02. The number of rotatable bonds is 3. The highest BCUT2D eigenvalue weighted by molar-refractivity contribution is 5.56. The summed E-state index contributed by atoms with van der Waals surface area (Å²) in [6.45, 7) is 0. The molecule has 0 fully saturated rings. The van der Waals surface area contributed by atoms with Crippen molar-refractivity contribution in [1.82, 2.24) is 0 Å². The highest BCUT2D eigenvalue weighted by Crippen LogP contribution is 2.07. The van der Waals surface area contributed by atoms with Gasteiger partial charge in [0.05, 0.1) is 12.1 Å². The van der Waals surface area contributed by atoms with Crippen LogP contribution in [0.15, 0.2) is 24.3 Å². The fraction of sp³-hybridized carbons (Fsp3) is 0.125. The maximum atomic E-state index is 8.49. The summed E-state index contributed by atoms with van der Waals surface area (Å²) < 4.78 is 0. The molecular weight excluding hydrogens is 154 g/mol. The summed E-state index contributed by atoms with van der Waals surface area (Å²) in [7, 11) is 0. The third kappa shape index (κ3) is 2.20. The Hall–Kier alpha value is -1.64. The van der Waals surface area contributed by atoms with Crippen molar-refractivity contribution in [2.75, 3.05) is 5.48 Å². The number of benzene rings is 1. The molecule has 1 rings (SSSR count). The van der Waals surface area contributed by atoms with E-state index < -0.39 is 0 Å². The van der Waals surface area contributed by atoms with Crippen LogP contribution in [0.1, 0.15) is 5.56 Å². The van der Waals surface area contributed by atoms with Crippen LogP contribution < -0.4 is 5.48 Å². The van der Waals surface area contributed by atoms with Crippen molar-refractivity contribution < 1.29 is 10.00 Å². The van der Waals surface area contributed by atoms with Crippen LogP contribution in [0, 0.1) is 0 Å². The van der Waals surface area contributed by atoms with Gasteiger partial charge in [-0.15, -0.1) is 0 Å². The molecule has 12 heavy (non-hydrogen) atoms. The Balaban J connectivity index is 2.70. The molecule has 4 nitrogen and oxygen atoms in total. The third-order valence-electron chi connectivity index (χ3n) is 1.49. The van der Waals surface area contributed by atoms with Gasteiger partial charge in [-0.2, -0.15) is 4.79 Å². The van der Waals surface area contributed by atoms with E-state index in [1.54, 1.807) is 12.1 Å². The Morgan fingerprint density at radius 3 is 2.58 bits per heavy atom. The Labute approximate surface area is 70.0 Å². The van der Waals surface area contributed by atoms with E-state index in [1.807, 2.05) is 17.6 Å². The van der Waals surface area contributed by atoms with E-state index in [1.165, 1.54) is 6.21 Å². The second-order valence-electron chi connectivity index (χ2n) is 2.31. The molecule has 0 bridgehead atoms. The van der Waals surface area contributed by atoms with Crippen molar-refractivity contribution in [2.45, 2.75) is 6.42 Å². The minimum absolute atomic E-state index is 0.586.